The van der Waals surface area contributed by atoms with E-state index in [1.807, 2.05) is 0 Å². The van der Waals surface area contributed by atoms with Crippen molar-refractivity contribution in [1.29, 1.82) is 0 Å². The molecule has 0 aliphatic rings. The zero-order valence-electron chi connectivity index (χ0n) is 11.5. The van der Waals surface area contributed by atoms with E-state index in [4.69, 9.17) is 9.47 Å². The van der Waals surface area contributed by atoms with Crippen LogP contribution in [0.5, 0.6) is 17.2 Å². The number of hydrogen-bond acceptors (Lipinski definition) is 7. The molecule has 0 fully saturated rings. The molecule has 0 aromatic heterocycles. The lowest BCUT2D eigenvalue weighted by Crippen LogP contribution is -2.30. The third kappa shape index (κ3) is 3.31. The summed E-state index contributed by atoms with van der Waals surface area (Å²) in [7, 11) is 2.72. The Balaban J connectivity index is 3.14. The Kier molecular flexibility index (Phi) is 5.60. The molecule has 0 bridgehead atoms. The number of methoxy groups -OCH3 is 2. The van der Waals surface area contributed by atoms with E-state index in [1.54, 1.807) is 6.92 Å². The van der Waals surface area contributed by atoms with Crippen molar-refractivity contribution in [3.63, 3.8) is 0 Å². The second kappa shape index (κ2) is 6.97. The minimum atomic E-state index is -1.83. The van der Waals surface area contributed by atoms with Crippen LogP contribution in [-0.4, -0.2) is 48.2 Å². The van der Waals surface area contributed by atoms with Gasteiger partial charge in [-0.3, -0.25) is 0 Å². The smallest absolute Gasteiger partial charge is 0.338 e. The van der Waals surface area contributed by atoms with Gasteiger partial charge in [-0.25, -0.2) is 4.79 Å². The summed E-state index contributed by atoms with van der Waals surface area (Å²) < 4.78 is 14.6. The number of esters is 1. The second-order valence-corrected chi connectivity index (χ2v) is 3.90. The van der Waals surface area contributed by atoms with Gasteiger partial charge in [0.25, 0.3) is 0 Å². The van der Waals surface area contributed by atoms with E-state index >= 15 is 0 Å². The van der Waals surface area contributed by atoms with E-state index in [0.717, 1.165) is 0 Å². The first kappa shape index (κ1) is 16.1. The van der Waals surface area contributed by atoms with Crippen LogP contribution >= 0.6 is 0 Å². The quantitative estimate of drug-likeness (QED) is 0.649. The number of aromatic hydroxyl groups is 1. The van der Waals surface area contributed by atoms with Gasteiger partial charge in [0, 0.05) is 12.1 Å². The molecule has 20 heavy (non-hydrogen) atoms. The lowest BCUT2D eigenvalue weighted by Gasteiger charge is -2.20. The minimum absolute atomic E-state index is 0.0638. The molecule has 0 spiro atoms. The number of phenolic OH excluding ortho intramolecular Hbond substituents is 1. The number of hydrogen-bond donors (Lipinski definition) is 3. The number of aliphatic hydroxyl groups is 2. The first-order valence-electron chi connectivity index (χ1n) is 5.93. The van der Waals surface area contributed by atoms with Gasteiger partial charge in [-0.15, -0.1) is 0 Å². The number of rotatable bonds is 6. The highest BCUT2D eigenvalue weighted by Gasteiger charge is 2.31. The number of benzene rings is 1. The number of aliphatic hydroxyl groups excluding tert-OH is 2. The Bertz CT molecular complexity index is 472. The maximum absolute atomic E-state index is 11.4. The molecular weight excluding hydrogens is 268 g/mol. The van der Waals surface area contributed by atoms with Crippen molar-refractivity contribution in [1.82, 2.24) is 0 Å². The molecule has 0 amide bonds. The monoisotopic (exact) mass is 286 g/mol. The van der Waals surface area contributed by atoms with Crippen LogP contribution in [0.1, 0.15) is 18.6 Å². The Morgan fingerprint density at radius 1 is 1.25 bits per heavy atom. The molecule has 2 atom stereocenters. The zero-order valence-corrected chi connectivity index (χ0v) is 11.5. The van der Waals surface area contributed by atoms with E-state index in [9.17, 15) is 20.1 Å². The Morgan fingerprint density at radius 2 is 1.90 bits per heavy atom. The van der Waals surface area contributed by atoms with Crippen LogP contribution in [0.25, 0.3) is 0 Å². The van der Waals surface area contributed by atoms with Gasteiger partial charge in [0.1, 0.15) is 23.4 Å². The van der Waals surface area contributed by atoms with Crippen LogP contribution in [0.3, 0.4) is 0 Å². The summed E-state index contributed by atoms with van der Waals surface area (Å²) in [6.07, 6.45) is -3.52. The first-order valence-corrected chi connectivity index (χ1v) is 5.93. The molecule has 7 heteroatoms. The molecule has 1 rings (SSSR count). The summed E-state index contributed by atoms with van der Waals surface area (Å²) in [5.41, 5.74) is -0.117. The third-order valence-corrected chi connectivity index (χ3v) is 2.67. The van der Waals surface area contributed by atoms with Gasteiger partial charge in [0.2, 0.25) is 0 Å². The van der Waals surface area contributed by atoms with E-state index in [1.165, 1.54) is 26.4 Å². The summed E-state index contributed by atoms with van der Waals surface area (Å²) in [5.74, 6) is -0.965. The van der Waals surface area contributed by atoms with Crippen molar-refractivity contribution in [3.8, 4) is 17.2 Å². The van der Waals surface area contributed by atoms with Gasteiger partial charge in [-0.2, -0.15) is 0 Å². The number of carbonyl (C=O) groups is 1. The van der Waals surface area contributed by atoms with Crippen LogP contribution in [0.15, 0.2) is 12.1 Å². The summed E-state index contributed by atoms with van der Waals surface area (Å²) in [5, 5.41) is 29.6. The molecule has 1 aromatic carbocycles. The maximum atomic E-state index is 11.4. The molecule has 2 unspecified atom stereocenters. The molecule has 112 valence electrons. The molecule has 0 saturated heterocycles. The Morgan fingerprint density at radius 3 is 2.40 bits per heavy atom. The topological polar surface area (TPSA) is 105 Å². The summed E-state index contributed by atoms with van der Waals surface area (Å²) in [4.78, 5) is 11.4. The zero-order chi connectivity index (χ0) is 15.3. The fraction of sp³-hybridized carbons (Fsp3) is 0.462. The van der Waals surface area contributed by atoms with Crippen LogP contribution in [0.2, 0.25) is 0 Å². The molecule has 0 heterocycles. The largest absolute Gasteiger partial charge is 0.507 e. The van der Waals surface area contributed by atoms with Crippen molar-refractivity contribution in [3.05, 3.63) is 17.7 Å². The number of ether oxygens (including phenoxy) is 3. The normalized spacial score (nSPS) is 13.4. The van der Waals surface area contributed by atoms with Gasteiger partial charge in [-0.05, 0) is 6.92 Å². The van der Waals surface area contributed by atoms with Crippen LogP contribution in [0, 0.1) is 0 Å². The van der Waals surface area contributed by atoms with E-state index < -0.39 is 18.2 Å². The van der Waals surface area contributed by atoms with E-state index in [2.05, 4.69) is 4.74 Å². The average molecular weight is 286 g/mol. The number of carbonyl (C=O) groups excluding carboxylic acids is 1. The highest BCUT2D eigenvalue weighted by Crippen LogP contribution is 2.38. The van der Waals surface area contributed by atoms with Crippen molar-refractivity contribution >= 4 is 5.97 Å². The van der Waals surface area contributed by atoms with Crippen molar-refractivity contribution in [2.45, 2.75) is 19.1 Å². The highest BCUT2D eigenvalue weighted by molar-refractivity contribution is 5.76. The van der Waals surface area contributed by atoms with Gasteiger partial charge in [-0.1, -0.05) is 0 Å². The molecule has 0 radical (unpaired) electrons. The SMILES string of the molecule is CCOC(=O)C(O)C(O)c1c(O)cc(OC)cc1OC. The lowest BCUT2D eigenvalue weighted by atomic mass is 10.0. The van der Waals surface area contributed by atoms with Crippen molar-refractivity contribution in [2.75, 3.05) is 20.8 Å². The van der Waals surface area contributed by atoms with Crippen LogP contribution < -0.4 is 9.47 Å². The predicted molar refractivity (Wildman–Crippen MR) is 68.8 cm³/mol. The van der Waals surface area contributed by atoms with E-state index in [-0.39, 0.29) is 23.7 Å². The molecule has 0 aliphatic heterocycles. The van der Waals surface area contributed by atoms with Crippen molar-refractivity contribution in [2.24, 2.45) is 0 Å². The third-order valence-electron chi connectivity index (χ3n) is 2.67. The molecule has 1 aromatic rings. The molecule has 3 N–H and O–H groups in total. The lowest BCUT2D eigenvalue weighted by molar-refractivity contribution is -0.159. The Hall–Kier alpha value is -1.99. The maximum Gasteiger partial charge on any atom is 0.338 e. The molecule has 7 nitrogen and oxygen atoms in total. The Labute approximate surface area is 116 Å². The highest BCUT2D eigenvalue weighted by atomic mass is 16.5. The van der Waals surface area contributed by atoms with Gasteiger partial charge >= 0.3 is 5.97 Å². The van der Waals surface area contributed by atoms with Crippen LogP contribution in [-0.2, 0) is 9.53 Å². The molecular formula is C13H18O7. The fourth-order valence-corrected chi connectivity index (χ4v) is 1.69. The standard InChI is InChI=1S/C13H18O7/c1-4-20-13(17)12(16)11(15)10-8(14)5-7(18-2)6-9(10)19-3/h5-6,11-12,14-16H,4H2,1-3H3. The van der Waals surface area contributed by atoms with Crippen molar-refractivity contribution < 1.29 is 34.3 Å². The first-order chi connectivity index (χ1) is 9.46. The summed E-state index contributed by atoms with van der Waals surface area (Å²) in [6.45, 7) is 1.64. The number of phenols is 1. The average Bonchev–Trinajstić information content (AvgIpc) is 2.44. The second-order valence-electron chi connectivity index (χ2n) is 3.90. The minimum Gasteiger partial charge on any atom is -0.507 e. The summed E-state index contributed by atoms with van der Waals surface area (Å²) >= 11 is 0. The van der Waals surface area contributed by atoms with Gasteiger partial charge in [0.15, 0.2) is 6.10 Å². The van der Waals surface area contributed by atoms with Gasteiger partial charge in [0.05, 0.1) is 26.4 Å². The fourth-order valence-electron chi connectivity index (χ4n) is 1.69. The molecule has 0 aliphatic carbocycles. The van der Waals surface area contributed by atoms with Gasteiger partial charge < -0.3 is 29.5 Å². The van der Waals surface area contributed by atoms with Crippen LogP contribution in [0.4, 0.5) is 0 Å². The predicted octanol–water partition coefficient (Wildman–Crippen LogP) is 0.367. The molecule has 0 saturated carbocycles. The summed E-state index contributed by atoms with van der Waals surface area (Å²) in [6, 6.07) is 2.65. The van der Waals surface area contributed by atoms with E-state index in [0.29, 0.717) is 5.75 Å².